The van der Waals surface area contributed by atoms with E-state index in [-0.39, 0.29) is 144 Å². The zero-order chi connectivity index (χ0) is 96.8. The first-order valence-electron chi connectivity index (χ1n) is 48.6. The first-order valence-corrected chi connectivity index (χ1v) is 56.9. The summed E-state index contributed by atoms with van der Waals surface area (Å²) in [6.07, 6.45) is 66.7. The average Bonchev–Trinajstić information content (AvgIpc) is 1.67. The van der Waals surface area contributed by atoms with E-state index in [0.717, 1.165) is 200 Å². The largest absolute Gasteiger partial charge is 2.00 e. The maximum absolute atomic E-state index is 5.89. The number of hydrogen-bond donors (Lipinski definition) is 2. The molecule has 775 valence electrons. The zero-order valence-electron chi connectivity index (χ0n) is 87.1. The third-order valence-electron chi connectivity index (χ3n) is 21.2. The topological polar surface area (TPSA) is 301 Å². The molecule has 8 atom stereocenters. The number of fused-ring (bicyclic) bond motifs is 1. The van der Waals surface area contributed by atoms with Crippen LogP contribution in [0.5, 0.6) is 0 Å². The average molecular weight is 2540 g/mol. The van der Waals surface area contributed by atoms with Crippen LogP contribution < -0.4 is 59.5 Å². The van der Waals surface area contributed by atoms with E-state index < -0.39 is 7.58 Å². The number of nitrogens with one attached hydrogen (secondary N) is 2. The molecule has 13 rings (SSSR count). The Morgan fingerprint density at radius 3 is 1.24 bits per heavy atom. The quantitative estimate of drug-likeness (QED) is 0.0155. The number of aromatic nitrogens is 14. The fourth-order valence-corrected chi connectivity index (χ4v) is 22.0. The monoisotopic (exact) mass is 2540 g/mol. The van der Waals surface area contributed by atoms with Crippen LogP contribution in [0.25, 0.3) is 5.12 Å². The first-order chi connectivity index (χ1) is 66.1. The molecule has 3 radical (unpaired) electrons. The maximum Gasteiger partial charge on any atom is 2.00 e. The van der Waals surface area contributed by atoms with Crippen LogP contribution >= 0.6 is 64.9 Å². The molecular formula is C102H153Cl2CrMoN25OP8TaTiV2+2. The van der Waals surface area contributed by atoms with Gasteiger partial charge in [-0.25, -0.2) is 33.0 Å². The van der Waals surface area contributed by atoms with Gasteiger partial charge in [0.05, 0.1) is 38.4 Å². The SMILES string of the molecule is Cc1ccc(C=NCCCCCC[N+](C)=Cc2ccc(C)[pH]2)[n-]1.Cc1ccc(C=NCCCCCC[N+](C)=Cc2ccc(C)[pH]2)[pH]1.Cc1cnc(C=NCCCCCC[NH+]=Cc2ncc(C)[pH]2)[pH]1.Cc1ncc(C=NCCCCCC[N+](C)=Cc2cnc(C)[n-]2)[n-]1.Cc1ncc(C=NCCCCCC[NH+]=Cc2cnc(C)[pH]2)[pH]1.Cc1nnc(C=NCCCCCC[n+]2cc3cnc(C)p3o2)[n-]1.[Cl-].[Cl-].[Cr].[Mo+2].[Ta].[Ti].[V].[V]. The third kappa shape index (κ3) is 65.3. The van der Waals surface area contributed by atoms with Crippen LogP contribution in [0.2, 0.25) is 0 Å². The van der Waals surface area contributed by atoms with Gasteiger partial charge in [0.15, 0.2) is 45.2 Å². The number of imidazole rings is 2. The van der Waals surface area contributed by atoms with Crippen LogP contribution in [-0.2, 0) is 126 Å². The van der Waals surface area contributed by atoms with E-state index in [1.807, 2.05) is 120 Å². The number of hydrogen-bond acceptors (Lipinski definition) is 16. The molecule has 0 aromatic carbocycles. The Morgan fingerprint density at radius 1 is 0.368 bits per heavy atom. The first kappa shape index (κ1) is 139. The number of aryl methyl sites for hydroxylation is 13. The molecule has 0 fully saturated rings. The van der Waals surface area contributed by atoms with Crippen molar-refractivity contribution < 1.29 is 177 Å². The molecule has 0 aliphatic heterocycles. The van der Waals surface area contributed by atoms with Crippen LogP contribution in [-0.4, -0.2) is 220 Å². The van der Waals surface area contributed by atoms with Gasteiger partial charge in [-0.2, -0.15) is 5.69 Å². The van der Waals surface area contributed by atoms with Gasteiger partial charge in [0.2, 0.25) is 6.20 Å². The van der Waals surface area contributed by atoms with E-state index in [2.05, 4.69) is 262 Å². The van der Waals surface area contributed by atoms with Crippen molar-refractivity contribution in [1.29, 1.82) is 0 Å². The molecule has 0 spiro atoms. The van der Waals surface area contributed by atoms with Crippen molar-refractivity contribution in [3.05, 3.63) is 224 Å². The van der Waals surface area contributed by atoms with Crippen LogP contribution in [0.1, 0.15) is 280 Å². The number of aliphatic imine (C=N–C) groups is 6. The summed E-state index contributed by atoms with van der Waals surface area (Å²) in [7, 11) is 11.4. The third-order valence-corrected chi connectivity index (χ3v) is 30.6. The van der Waals surface area contributed by atoms with Crippen LogP contribution in [0, 0.1) is 83.1 Å². The van der Waals surface area contributed by atoms with Gasteiger partial charge >= 0.3 is 21.1 Å². The van der Waals surface area contributed by atoms with Crippen molar-refractivity contribution in [3.63, 3.8) is 0 Å². The summed E-state index contributed by atoms with van der Waals surface area (Å²) in [5, 5.41) is 23.0. The molecule has 0 amide bonds. The minimum absolute atomic E-state index is 0. The van der Waals surface area contributed by atoms with Gasteiger partial charge in [-0.3, -0.25) is 49.9 Å². The molecule has 0 saturated heterocycles. The van der Waals surface area contributed by atoms with E-state index in [4.69, 9.17) is 4.30 Å². The Morgan fingerprint density at radius 2 is 0.799 bits per heavy atom. The van der Waals surface area contributed by atoms with Crippen LogP contribution in [0.3, 0.4) is 0 Å². The molecule has 8 unspecified atom stereocenters. The minimum atomic E-state index is -0.601. The van der Waals surface area contributed by atoms with Crippen molar-refractivity contribution in [3.8, 4) is 0 Å². The van der Waals surface area contributed by atoms with Gasteiger partial charge < -0.3 is 64.9 Å². The molecule has 0 aliphatic carbocycles. The summed E-state index contributed by atoms with van der Waals surface area (Å²) in [4.78, 5) is 80.1. The van der Waals surface area contributed by atoms with E-state index >= 15 is 0 Å². The van der Waals surface area contributed by atoms with Gasteiger partial charge in [-0.15, -0.1) is 63.0 Å². The molecular weight excluding hydrogens is 2390 g/mol. The standard InChI is InChI=1S/C19H28N3P.C19H29N2P2.C17H25N6.2C16H24N4P2.C15H21N6OP.2ClH.Cr.Mo.Ta.Ti.2V/c1-16-8-10-18(21-16)14-20-12-6-4-5-7-13-22(3)15-19-11-9-17(2)23-19;1-16-8-10-18(22-16)14-20-12-6-4-5-7-13-21(3)15-19-11-9-17(2)23-19;1-14-19-11-16(21-14)10-18-8-6-4-5-7-9-23(3)13-17-12-20-15(2)22-17;1-13-19-11-15(21-13)9-17-7-5-3-4-6-8-18-10-16-12-20-14(2)22-16;1-13-9-19-15(21-13)11-17-7-5-3-4-6-8-18-12-16-20-10-14(2)22-16;1-12-18-15(20-19-12)10-16-7-5-3-4-6-8-21-11-14-9-17-13(2)23(14)22-21;;;;;;;;/h8-11,14-15,23H,4-7,12-13H2,1-3H3;8-11,14-15,22-23H,4-7,12-13H2,1-3H3;10-13H,4-9H2,1-3H3;2*9-12,21-22H,3-8H2,1-2H3;9-11H,3-8H2,1-2H3;2*1H;;;;;;/q;+1;-1;;;;;;;+2;;;;. The molecule has 0 aliphatic rings. The molecule has 13 aromatic heterocycles. The Kier molecular flexibility index (Phi) is 82.6. The molecule has 2 N–H and O–H groups in total. The molecule has 42 heteroatoms. The molecule has 13 heterocycles. The second-order valence-corrected chi connectivity index (χ2v) is 47.5. The summed E-state index contributed by atoms with van der Waals surface area (Å²) < 4.78 is 14.7. The van der Waals surface area contributed by atoms with E-state index in [0.29, 0.717) is 11.6 Å². The van der Waals surface area contributed by atoms with Gasteiger partial charge in [-0.1, -0.05) is 99.8 Å². The molecule has 26 nitrogen and oxygen atoms in total. The zero-order valence-corrected chi connectivity index (χ0v) is 107. The summed E-state index contributed by atoms with van der Waals surface area (Å²) in [6, 6.07) is 17.4. The summed E-state index contributed by atoms with van der Waals surface area (Å²) >= 11 is 0. The number of rotatable bonds is 53. The minimum Gasteiger partial charge on any atom is -1.00 e. The smallest absolute Gasteiger partial charge is 1.00 e. The maximum atomic E-state index is 5.89. The Balaban J connectivity index is 0.00000169. The number of halogens is 2. The summed E-state index contributed by atoms with van der Waals surface area (Å²) in [5.41, 5.74) is 9.66. The second-order valence-electron chi connectivity index (χ2n) is 34.6. The second kappa shape index (κ2) is 85.5. The number of nitrogens with zero attached hydrogens (tertiary/aromatic N) is 23. The normalized spacial score (nSPS) is 12.0. The van der Waals surface area contributed by atoms with Crippen molar-refractivity contribution in [1.82, 2.24) is 65.0 Å². The van der Waals surface area contributed by atoms with E-state index in [1.165, 1.54) is 209 Å². The molecule has 0 bridgehead atoms. The van der Waals surface area contributed by atoms with Crippen LogP contribution in [0.15, 0.2) is 132 Å². The van der Waals surface area contributed by atoms with Crippen LogP contribution in [0.4, 0.5) is 0 Å². The van der Waals surface area contributed by atoms with Crippen molar-refractivity contribution in [2.75, 3.05) is 93.1 Å². The van der Waals surface area contributed by atoms with Gasteiger partial charge in [0, 0.05) is 261 Å². The van der Waals surface area contributed by atoms with Gasteiger partial charge in [-0.05, 0) is 214 Å². The Labute approximate surface area is 962 Å². The molecule has 0 saturated carbocycles. The van der Waals surface area contributed by atoms with Gasteiger partial charge in [0.25, 0.3) is 0 Å². The predicted molar refractivity (Wildman–Crippen MR) is 588 cm³/mol. The Hall–Kier alpha value is -5.01. The fraction of sp³-hybridized carbons (Fsp3) is 0.500. The summed E-state index contributed by atoms with van der Waals surface area (Å²) in [6.45, 7) is 36.4. The molecule has 13 aromatic rings. The molecule has 144 heavy (non-hydrogen) atoms. The summed E-state index contributed by atoms with van der Waals surface area (Å²) in [5.74, 6) is 2.92. The fourth-order valence-electron chi connectivity index (χ4n) is 14.1. The van der Waals surface area contributed by atoms with Crippen molar-refractivity contribution >= 4 is 138 Å². The van der Waals surface area contributed by atoms with Crippen molar-refractivity contribution in [2.24, 2.45) is 30.0 Å². The predicted octanol–water partition coefficient (Wildman–Crippen LogP) is 12.0. The van der Waals surface area contributed by atoms with Gasteiger partial charge in [0.1, 0.15) is 69.8 Å². The van der Waals surface area contributed by atoms with E-state index in [1.54, 1.807) is 12.4 Å². The van der Waals surface area contributed by atoms with E-state index in [9.17, 15) is 0 Å². The Bertz CT molecular complexity index is 5340. The van der Waals surface area contributed by atoms with Crippen molar-refractivity contribution in [2.45, 2.75) is 244 Å². The number of unbranched alkanes of at least 4 members (excludes halogenated alkanes) is 18.